The number of ether oxygens (including phenoxy) is 1. The number of amides is 2. The Morgan fingerprint density at radius 1 is 1.30 bits per heavy atom. The summed E-state index contributed by atoms with van der Waals surface area (Å²) >= 11 is 0. The third kappa shape index (κ3) is 4.75. The van der Waals surface area contributed by atoms with Crippen molar-refractivity contribution in [3.8, 4) is 5.75 Å². The number of halogens is 1. The minimum atomic E-state index is -0.477. The maximum atomic E-state index is 13.7. The maximum Gasteiger partial charge on any atom is 0.257 e. The molecule has 1 N–H and O–H groups in total. The van der Waals surface area contributed by atoms with E-state index < -0.39 is 5.82 Å². The van der Waals surface area contributed by atoms with Gasteiger partial charge in [0.05, 0.1) is 18.9 Å². The van der Waals surface area contributed by atoms with Gasteiger partial charge in [-0.05, 0) is 42.7 Å². The van der Waals surface area contributed by atoms with Crippen molar-refractivity contribution >= 4 is 17.9 Å². The highest BCUT2D eigenvalue weighted by molar-refractivity contribution is 5.94. The number of rotatable bonds is 5. The van der Waals surface area contributed by atoms with Crippen molar-refractivity contribution in [1.29, 1.82) is 0 Å². The van der Waals surface area contributed by atoms with Crippen LogP contribution in [0.2, 0.25) is 0 Å². The first kappa shape index (κ1) is 18.7. The Morgan fingerprint density at radius 2 is 2.07 bits per heavy atom. The lowest BCUT2D eigenvalue weighted by Gasteiger charge is -2.32. The van der Waals surface area contributed by atoms with Gasteiger partial charge in [-0.25, -0.2) is 4.39 Å². The van der Waals surface area contributed by atoms with Crippen LogP contribution in [0.25, 0.3) is 6.08 Å². The highest BCUT2D eigenvalue weighted by Crippen LogP contribution is 2.18. The molecule has 2 heterocycles. The summed E-state index contributed by atoms with van der Waals surface area (Å²) in [5.41, 5.74) is 1.11. The fourth-order valence-corrected chi connectivity index (χ4v) is 3.00. The predicted octanol–water partition coefficient (Wildman–Crippen LogP) is 2.86. The summed E-state index contributed by atoms with van der Waals surface area (Å²) in [6, 6.07) is 6.14. The Labute approximate surface area is 156 Å². The average molecular weight is 372 g/mol. The minimum Gasteiger partial charge on any atom is -0.494 e. The van der Waals surface area contributed by atoms with E-state index >= 15 is 0 Å². The second-order valence-corrected chi connectivity index (χ2v) is 6.31. The van der Waals surface area contributed by atoms with E-state index in [1.54, 1.807) is 23.1 Å². The number of methoxy groups -OCH3 is 1. The largest absolute Gasteiger partial charge is 0.494 e. The Bertz CT molecular complexity index is 825. The van der Waals surface area contributed by atoms with E-state index in [9.17, 15) is 14.0 Å². The molecule has 1 aliphatic heterocycles. The molecule has 3 rings (SSSR count). The molecule has 0 bridgehead atoms. The lowest BCUT2D eigenvalue weighted by Crippen LogP contribution is -2.46. The van der Waals surface area contributed by atoms with E-state index in [1.165, 1.54) is 37.8 Å². The molecule has 2 aromatic rings. The van der Waals surface area contributed by atoms with Crippen molar-refractivity contribution in [3.05, 3.63) is 59.8 Å². The smallest absolute Gasteiger partial charge is 0.257 e. The normalized spacial score (nSPS) is 15.1. The number of carbonyl (C=O) groups excluding carboxylic acids is 2. The van der Waals surface area contributed by atoms with Crippen molar-refractivity contribution in [2.24, 2.45) is 0 Å². The second-order valence-electron chi connectivity index (χ2n) is 6.31. The van der Waals surface area contributed by atoms with Crippen LogP contribution >= 0.6 is 0 Å². The summed E-state index contributed by atoms with van der Waals surface area (Å²) in [6.07, 6.45) is 7.20. The first-order chi connectivity index (χ1) is 13.1. The van der Waals surface area contributed by atoms with Crippen LogP contribution in [0.3, 0.4) is 0 Å². The van der Waals surface area contributed by atoms with Crippen molar-refractivity contribution < 1.29 is 23.1 Å². The summed E-state index contributed by atoms with van der Waals surface area (Å²) in [7, 11) is 1.40. The molecule has 0 atom stereocenters. The molecule has 0 unspecified atom stereocenters. The van der Waals surface area contributed by atoms with Crippen LogP contribution in [0.4, 0.5) is 4.39 Å². The quantitative estimate of drug-likeness (QED) is 0.820. The van der Waals surface area contributed by atoms with Gasteiger partial charge in [0.25, 0.3) is 5.91 Å². The van der Waals surface area contributed by atoms with Gasteiger partial charge in [-0.15, -0.1) is 0 Å². The summed E-state index contributed by atoms with van der Waals surface area (Å²) in [6.45, 7) is 1.14. The van der Waals surface area contributed by atoms with Gasteiger partial charge in [-0.3, -0.25) is 9.59 Å². The number of hydrogen-bond donors (Lipinski definition) is 1. The van der Waals surface area contributed by atoms with E-state index in [0.29, 0.717) is 37.1 Å². The average Bonchev–Trinajstić information content (AvgIpc) is 3.21. The minimum absolute atomic E-state index is 0.00292. The third-order valence-corrected chi connectivity index (χ3v) is 4.50. The van der Waals surface area contributed by atoms with Crippen LogP contribution in [0, 0.1) is 5.82 Å². The molecule has 1 fully saturated rings. The number of furan rings is 1. The Hall–Kier alpha value is -3.09. The van der Waals surface area contributed by atoms with Crippen molar-refractivity contribution in [3.63, 3.8) is 0 Å². The molecule has 1 aromatic carbocycles. The summed E-state index contributed by atoms with van der Waals surface area (Å²) in [5.74, 6) is -0.621. The first-order valence-electron chi connectivity index (χ1n) is 8.70. The number of nitrogens with zero attached hydrogens (tertiary/aromatic N) is 1. The molecule has 0 radical (unpaired) electrons. The number of carbonyl (C=O) groups is 2. The van der Waals surface area contributed by atoms with Gasteiger partial charge in [0.15, 0.2) is 11.6 Å². The molecular weight excluding hydrogens is 351 g/mol. The highest BCUT2D eigenvalue weighted by atomic mass is 19.1. The Kier molecular flexibility index (Phi) is 5.90. The number of nitrogens with one attached hydrogen (secondary N) is 1. The first-order valence-corrected chi connectivity index (χ1v) is 8.70. The Morgan fingerprint density at radius 3 is 2.70 bits per heavy atom. The van der Waals surface area contributed by atoms with Crippen LogP contribution < -0.4 is 10.1 Å². The van der Waals surface area contributed by atoms with Gasteiger partial charge in [-0.1, -0.05) is 6.07 Å². The topological polar surface area (TPSA) is 71.8 Å². The molecule has 142 valence electrons. The van der Waals surface area contributed by atoms with E-state index in [0.717, 1.165) is 0 Å². The molecule has 1 aromatic heterocycles. The number of likely N-dealkylation sites (tertiary alicyclic amines) is 1. The van der Waals surface area contributed by atoms with Gasteiger partial charge in [0.2, 0.25) is 5.91 Å². The predicted molar refractivity (Wildman–Crippen MR) is 97.8 cm³/mol. The molecule has 0 spiro atoms. The molecule has 27 heavy (non-hydrogen) atoms. The highest BCUT2D eigenvalue weighted by Gasteiger charge is 2.24. The lowest BCUT2D eigenvalue weighted by molar-refractivity contribution is -0.117. The maximum absolute atomic E-state index is 13.7. The Balaban J connectivity index is 1.48. The van der Waals surface area contributed by atoms with Crippen molar-refractivity contribution in [1.82, 2.24) is 10.2 Å². The number of piperidine rings is 1. The van der Waals surface area contributed by atoms with Gasteiger partial charge >= 0.3 is 0 Å². The zero-order chi connectivity index (χ0) is 19.2. The van der Waals surface area contributed by atoms with Crippen LogP contribution in [0.5, 0.6) is 5.75 Å². The summed E-state index contributed by atoms with van der Waals surface area (Å²) in [4.78, 5) is 26.1. The van der Waals surface area contributed by atoms with Gasteiger partial charge in [0.1, 0.15) is 6.26 Å². The van der Waals surface area contributed by atoms with Crippen LogP contribution in [0.15, 0.2) is 47.3 Å². The third-order valence-electron chi connectivity index (χ3n) is 4.50. The van der Waals surface area contributed by atoms with Crippen LogP contribution in [-0.4, -0.2) is 43.0 Å². The molecule has 1 aliphatic rings. The monoisotopic (exact) mass is 372 g/mol. The van der Waals surface area contributed by atoms with Gasteiger partial charge in [0, 0.05) is 25.2 Å². The fraction of sp³-hybridized carbons (Fsp3) is 0.300. The molecule has 1 saturated heterocycles. The molecule has 2 amide bonds. The molecule has 0 saturated carbocycles. The van der Waals surface area contributed by atoms with Crippen molar-refractivity contribution in [2.75, 3.05) is 20.2 Å². The van der Waals surface area contributed by atoms with Gasteiger partial charge < -0.3 is 19.4 Å². The number of benzene rings is 1. The van der Waals surface area contributed by atoms with Crippen LogP contribution in [-0.2, 0) is 4.79 Å². The summed E-state index contributed by atoms with van der Waals surface area (Å²) in [5, 5.41) is 2.92. The SMILES string of the molecule is COc1ccc(/C=C/C(=O)NC2CCN(C(=O)c3ccoc3)CC2)cc1F. The molecule has 6 nitrogen and oxygen atoms in total. The van der Waals surface area contributed by atoms with E-state index in [4.69, 9.17) is 9.15 Å². The lowest BCUT2D eigenvalue weighted by atomic mass is 10.0. The van der Waals surface area contributed by atoms with E-state index in [1.807, 2.05) is 0 Å². The van der Waals surface area contributed by atoms with Crippen LogP contribution in [0.1, 0.15) is 28.8 Å². The van der Waals surface area contributed by atoms with Crippen molar-refractivity contribution in [2.45, 2.75) is 18.9 Å². The fourth-order valence-electron chi connectivity index (χ4n) is 3.00. The zero-order valence-electron chi connectivity index (χ0n) is 15.0. The number of hydrogen-bond acceptors (Lipinski definition) is 4. The van der Waals surface area contributed by atoms with E-state index in [-0.39, 0.29) is 23.6 Å². The molecular formula is C20H21FN2O4. The molecule has 7 heteroatoms. The molecule has 0 aliphatic carbocycles. The summed E-state index contributed by atoms with van der Waals surface area (Å²) < 4.78 is 23.5. The van der Waals surface area contributed by atoms with Gasteiger partial charge in [-0.2, -0.15) is 0 Å². The second kappa shape index (κ2) is 8.53. The van der Waals surface area contributed by atoms with E-state index in [2.05, 4.69) is 5.32 Å². The zero-order valence-corrected chi connectivity index (χ0v) is 15.0. The standard InChI is InChI=1S/C20H21FN2O4/c1-26-18-4-2-14(12-17(18)21)3-5-19(24)22-16-6-9-23(10-7-16)20(25)15-8-11-27-13-15/h2-5,8,11-13,16H,6-7,9-10H2,1H3,(H,22,24)/b5-3+.